The van der Waals surface area contributed by atoms with Gasteiger partial charge in [0, 0.05) is 31.1 Å². The normalized spacial score (nSPS) is 15.3. The predicted octanol–water partition coefficient (Wildman–Crippen LogP) is 4.15. The zero-order valence-corrected chi connectivity index (χ0v) is 13.5. The molecule has 0 radical (unpaired) electrons. The van der Waals surface area contributed by atoms with Crippen molar-refractivity contribution in [2.45, 2.75) is 12.8 Å². The number of piperidine rings is 1. The number of hydrogen-bond donors (Lipinski definition) is 0. The van der Waals surface area contributed by atoms with Gasteiger partial charge in [0.1, 0.15) is 23.1 Å². The number of carbonyl (C=O) groups excluding carboxylic acids is 1. The van der Waals surface area contributed by atoms with E-state index in [0.717, 1.165) is 4.90 Å². The molecule has 0 atom stereocenters. The standard InChI is InChI=1S/C17H11F7N2O/c18-8-5-9(19)11(10(20)6-8)15(27)7-1-3-26(4-2-7)14-12(21)16(23)25-17(24)13(14)22/h5-7H,1-4H2. The minimum Gasteiger partial charge on any atom is -0.366 e. The van der Waals surface area contributed by atoms with Crippen LogP contribution < -0.4 is 4.90 Å². The van der Waals surface area contributed by atoms with Gasteiger partial charge in [0.15, 0.2) is 5.78 Å². The minimum atomic E-state index is -1.81. The van der Waals surface area contributed by atoms with Crippen molar-refractivity contribution >= 4 is 11.5 Å². The zero-order valence-electron chi connectivity index (χ0n) is 13.5. The topological polar surface area (TPSA) is 33.2 Å². The van der Waals surface area contributed by atoms with Crippen molar-refractivity contribution in [2.24, 2.45) is 5.92 Å². The van der Waals surface area contributed by atoms with E-state index in [1.807, 2.05) is 0 Å². The maximum Gasteiger partial charge on any atom is 0.253 e. The number of aromatic nitrogens is 1. The molecule has 1 aliphatic rings. The summed E-state index contributed by atoms with van der Waals surface area (Å²) in [5, 5.41) is 0. The van der Waals surface area contributed by atoms with Gasteiger partial charge in [-0.15, -0.1) is 0 Å². The summed E-state index contributed by atoms with van der Waals surface area (Å²) >= 11 is 0. The lowest BCUT2D eigenvalue weighted by atomic mass is 9.88. The fourth-order valence-corrected chi connectivity index (χ4v) is 3.10. The third-order valence-electron chi connectivity index (χ3n) is 4.41. The first-order valence-electron chi connectivity index (χ1n) is 7.84. The maximum absolute atomic E-state index is 13.8. The second-order valence-corrected chi connectivity index (χ2v) is 6.04. The second kappa shape index (κ2) is 7.16. The van der Waals surface area contributed by atoms with E-state index in [0.29, 0.717) is 12.1 Å². The Morgan fingerprint density at radius 3 is 1.85 bits per heavy atom. The van der Waals surface area contributed by atoms with Crippen LogP contribution in [0.3, 0.4) is 0 Å². The summed E-state index contributed by atoms with van der Waals surface area (Å²) in [5.41, 5.74) is -1.85. The molecule has 1 fully saturated rings. The largest absolute Gasteiger partial charge is 0.366 e. The lowest BCUT2D eigenvalue weighted by Gasteiger charge is -2.33. The second-order valence-electron chi connectivity index (χ2n) is 6.04. The predicted molar refractivity (Wildman–Crippen MR) is 79.7 cm³/mol. The van der Waals surface area contributed by atoms with Crippen LogP contribution in [0.1, 0.15) is 23.2 Å². The number of halogens is 7. The fourth-order valence-electron chi connectivity index (χ4n) is 3.10. The SMILES string of the molecule is O=C(c1c(F)cc(F)cc1F)C1CCN(c2c(F)c(F)nc(F)c2F)CC1. The molecule has 1 aromatic heterocycles. The summed E-state index contributed by atoms with van der Waals surface area (Å²) in [6.07, 6.45) is -0.168. The highest BCUT2D eigenvalue weighted by Gasteiger charge is 2.33. The van der Waals surface area contributed by atoms with Crippen LogP contribution in [0.4, 0.5) is 36.4 Å². The molecule has 0 unspecified atom stereocenters. The smallest absolute Gasteiger partial charge is 0.253 e. The third-order valence-corrected chi connectivity index (χ3v) is 4.41. The quantitative estimate of drug-likeness (QED) is 0.447. The molecule has 2 aromatic rings. The van der Waals surface area contributed by atoms with Crippen molar-refractivity contribution in [2.75, 3.05) is 18.0 Å². The highest BCUT2D eigenvalue weighted by atomic mass is 19.2. The maximum atomic E-state index is 13.8. The van der Waals surface area contributed by atoms with Crippen molar-refractivity contribution in [3.63, 3.8) is 0 Å². The molecule has 3 rings (SSSR count). The molecule has 144 valence electrons. The number of rotatable bonds is 3. The van der Waals surface area contributed by atoms with E-state index in [4.69, 9.17) is 0 Å². The summed E-state index contributed by atoms with van der Waals surface area (Å²) < 4.78 is 94.5. The van der Waals surface area contributed by atoms with Gasteiger partial charge >= 0.3 is 0 Å². The molecular weight excluding hydrogens is 381 g/mol. The molecule has 0 aliphatic carbocycles. The van der Waals surface area contributed by atoms with Crippen LogP contribution in [0.2, 0.25) is 0 Å². The molecule has 0 saturated carbocycles. The first kappa shape index (κ1) is 19.1. The number of pyridine rings is 1. The Morgan fingerprint density at radius 1 is 0.889 bits per heavy atom. The number of nitrogens with zero attached hydrogens (tertiary/aromatic N) is 2. The minimum absolute atomic E-state index is 0.0838. The van der Waals surface area contributed by atoms with E-state index in [1.165, 1.54) is 0 Å². The van der Waals surface area contributed by atoms with Gasteiger partial charge in [0.25, 0.3) is 11.9 Å². The highest BCUT2D eigenvalue weighted by molar-refractivity contribution is 5.98. The van der Waals surface area contributed by atoms with Crippen LogP contribution in [0.5, 0.6) is 0 Å². The fraction of sp³-hybridized carbons (Fsp3) is 0.294. The summed E-state index contributed by atoms with van der Waals surface area (Å²) in [6, 6.07) is 0.747. The van der Waals surface area contributed by atoms with Gasteiger partial charge in [-0.2, -0.15) is 22.5 Å². The van der Waals surface area contributed by atoms with Gasteiger partial charge in [-0.25, -0.2) is 13.2 Å². The summed E-state index contributed by atoms with van der Waals surface area (Å²) in [5.74, 6) is -12.7. The van der Waals surface area contributed by atoms with Gasteiger partial charge in [0.2, 0.25) is 11.6 Å². The van der Waals surface area contributed by atoms with Crippen molar-refractivity contribution < 1.29 is 35.5 Å². The van der Waals surface area contributed by atoms with Crippen LogP contribution in [-0.2, 0) is 0 Å². The molecule has 2 heterocycles. The Kier molecular flexibility index (Phi) is 5.07. The molecular formula is C17H11F7N2O. The highest BCUT2D eigenvalue weighted by Crippen LogP contribution is 2.32. The number of benzene rings is 1. The summed E-state index contributed by atoms with van der Waals surface area (Å²) in [4.78, 5) is 15.8. The Labute approximate surface area is 148 Å². The third kappa shape index (κ3) is 3.47. The lowest BCUT2D eigenvalue weighted by Crippen LogP contribution is -2.38. The van der Waals surface area contributed by atoms with E-state index in [9.17, 15) is 35.5 Å². The monoisotopic (exact) mass is 392 g/mol. The van der Waals surface area contributed by atoms with Crippen LogP contribution in [0.25, 0.3) is 0 Å². The van der Waals surface area contributed by atoms with Gasteiger partial charge in [-0.1, -0.05) is 0 Å². The Bertz CT molecular complexity index is 861. The number of Topliss-reactive ketones (excluding diaryl/α,β-unsaturated/α-hetero) is 1. The average molecular weight is 392 g/mol. The van der Waals surface area contributed by atoms with Crippen LogP contribution in [0.15, 0.2) is 12.1 Å². The van der Waals surface area contributed by atoms with E-state index in [-0.39, 0.29) is 25.9 Å². The van der Waals surface area contributed by atoms with E-state index >= 15 is 0 Å². The van der Waals surface area contributed by atoms with Crippen molar-refractivity contribution in [3.05, 3.63) is 58.7 Å². The van der Waals surface area contributed by atoms with E-state index < -0.39 is 63.9 Å². The molecule has 0 spiro atoms. The van der Waals surface area contributed by atoms with E-state index in [2.05, 4.69) is 4.98 Å². The van der Waals surface area contributed by atoms with Crippen LogP contribution >= 0.6 is 0 Å². The molecule has 0 bridgehead atoms. The number of carbonyl (C=O) groups is 1. The van der Waals surface area contributed by atoms with Crippen molar-refractivity contribution in [3.8, 4) is 0 Å². The Morgan fingerprint density at radius 2 is 1.37 bits per heavy atom. The van der Waals surface area contributed by atoms with E-state index in [1.54, 1.807) is 0 Å². The number of anilines is 1. The van der Waals surface area contributed by atoms with Gasteiger partial charge in [-0.3, -0.25) is 4.79 Å². The van der Waals surface area contributed by atoms with Crippen molar-refractivity contribution in [1.29, 1.82) is 0 Å². The first-order valence-corrected chi connectivity index (χ1v) is 7.84. The molecule has 0 amide bonds. The van der Waals surface area contributed by atoms with Crippen LogP contribution in [-0.4, -0.2) is 23.9 Å². The van der Waals surface area contributed by atoms with Gasteiger partial charge in [0.05, 0.1) is 5.56 Å². The first-order chi connectivity index (χ1) is 12.7. The molecule has 1 aliphatic heterocycles. The Hall–Kier alpha value is -2.65. The summed E-state index contributed by atoms with van der Waals surface area (Å²) in [7, 11) is 0. The molecule has 10 heteroatoms. The Balaban J connectivity index is 1.80. The lowest BCUT2D eigenvalue weighted by molar-refractivity contribution is 0.0891. The van der Waals surface area contributed by atoms with Crippen molar-refractivity contribution in [1.82, 2.24) is 4.98 Å². The van der Waals surface area contributed by atoms with Gasteiger partial charge < -0.3 is 4.90 Å². The molecule has 1 saturated heterocycles. The van der Waals surface area contributed by atoms with Crippen LogP contribution in [0, 0.1) is 46.9 Å². The van der Waals surface area contributed by atoms with Gasteiger partial charge in [-0.05, 0) is 12.8 Å². The molecule has 1 aromatic carbocycles. The number of hydrogen-bond acceptors (Lipinski definition) is 3. The zero-order chi connectivity index (χ0) is 19.9. The molecule has 3 nitrogen and oxygen atoms in total. The molecule has 0 N–H and O–H groups in total. The summed E-state index contributed by atoms with van der Waals surface area (Å²) in [6.45, 7) is -0.394. The average Bonchev–Trinajstić information content (AvgIpc) is 2.60. The molecule has 27 heavy (non-hydrogen) atoms. The number of ketones is 1.